The number of carboxylic acid groups (broad SMARTS) is 3. The van der Waals surface area contributed by atoms with Gasteiger partial charge in [0.2, 0.25) is 0 Å². The van der Waals surface area contributed by atoms with Crippen molar-refractivity contribution in [3.63, 3.8) is 0 Å². The maximum Gasteiger partial charge on any atom is 0.309 e. The molecule has 0 bridgehead atoms. The number of hydrogen-bond acceptors (Lipinski definition) is 3. The summed E-state index contributed by atoms with van der Waals surface area (Å²) in [6.07, 6.45) is 24.6. The number of allylic oxidation sites excluding steroid dienone is 1. The molecule has 0 rings (SSSR count). The normalized spacial score (nSPS) is 11.8. The quantitative estimate of drug-likeness (QED) is 0.0618. The van der Waals surface area contributed by atoms with E-state index < -0.39 is 17.9 Å². The minimum atomic E-state index is -0.954. The number of hydrogen-bond donors (Lipinski definition) is 3. The summed E-state index contributed by atoms with van der Waals surface area (Å²) in [6, 6.07) is 0. The van der Waals surface area contributed by atoms with Crippen molar-refractivity contribution in [1.82, 2.24) is 0 Å². The van der Waals surface area contributed by atoms with Crippen molar-refractivity contribution in [1.29, 1.82) is 0 Å². The summed E-state index contributed by atoms with van der Waals surface area (Å²) >= 11 is 0. The molecule has 0 spiro atoms. The Hall–Kier alpha value is -1.89. The average Bonchev–Trinajstić information content (AvgIpc) is 2.83. The van der Waals surface area contributed by atoms with E-state index in [4.69, 9.17) is 15.3 Å². The van der Waals surface area contributed by atoms with Crippen LogP contribution in [-0.2, 0) is 14.4 Å². The third-order valence-corrected chi connectivity index (χ3v) is 7.03. The molecule has 0 amide bonds. The van der Waals surface area contributed by atoms with Gasteiger partial charge in [0.15, 0.2) is 0 Å². The largest absolute Gasteiger partial charge is 0.481 e. The molecule has 3 N–H and O–H groups in total. The second-order valence-electron chi connectivity index (χ2n) is 10.3. The fourth-order valence-electron chi connectivity index (χ4n) is 4.66. The SMILES string of the molecule is CCCCCCCCCCCCCCCCC/C=C/C[N+](CCC(=O)O)(CCC(=O)O)CCC(=O)O. The van der Waals surface area contributed by atoms with Crippen molar-refractivity contribution < 1.29 is 34.2 Å². The predicted molar refractivity (Wildman–Crippen MR) is 145 cm³/mol. The molecule has 210 valence electrons. The fourth-order valence-corrected chi connectivity index (χ4v) is 4.66. The first-order chi connectivity index (χ1) is 17.3. The summed E-state index contributed by atoms with van der Waals surface area (Å²) < 4.78 is 0.181. The van der Waals surface area contributed by atoms with E-state index in [0.717, 1.165) is 12.8 Å². The number of carboxylic acids is 3. The highest BCUT2D eigenvalue weighted by Crippen LogP contribution is 2.15. The lowest BCUT2D eigenvalue weighted by molar-refractivity contribution is -0.921. The van der Waals surface area contributed by atoms with Gasteiger partial charge in [-0.2, -0.15) is 0 Å². The minimum absolute atomic E-state index is 0.105. The lowest BCUT2D eigenvalue weighted by atomic mass is 10.0. The van der Waals surface area contributed by atoms with E-state index in [1.165, 1.54) is 89.9 Å². The van der Waals surface area contributed by atoms with Crippen molar-refractivity contribution in [2.45, 2.75) is 129 Å². The van der Waals surface area contributed by atoms with Crippen LogP contribution in [0.1, 0.15) is 129 Å². The number of nitrogens with zero attached hydrogens (tertiary/aromatic N) is 1. The van der Waals surface area contributed by atoms with Crippen molar-refractivity contribution in [3.05, 3.63) is 12.2 Å². The van der Waals surface area contributed by atoms with E-state index in [-0.39, 0.29) is 43.4 Å². The molecule has 0 aliphatic heterocycles. The van der Waals surface area contributed by atoms with E-state index in [1.807, 2.05) is 6.08 Å². The van der Waals surface area contributed by atoms with Crippen LogP contribution in [0.2, 0.25) is 0 Å². The maximum atomic E-state index is 11.1. The summed E-state index contributed by atoms with van der Waals surface area (Å²) in [6.45, 7) is 3.43. The molecule has 0 radical (unpaired) electrons. The van der Waals surface area contributed by atoms with Crippen LogP contribution in [0.25, 0.3) is 0 Å². The van der Waals surface area contributed by atoms with Gasteiger partial charge in [0, 0.05) is 0 Å². The molecule has 7 nitrogen and oxygen atoms in total. The second kappa shape index (κ2) is 23.5. The molecular weight excluding hydrogens is 458 g/mol. The van der Waals surface area contributed by atoms with Gasteiger partial charge in [-0.3, -0.25) is 14.4 Å². The fraction of sp³-hybridized carbons (Fsp3) is 0.828. The van der Waals surface area contributed by atoms with Gasteiger partial charge < -0.3 is 19.8 Å². The zero-order valence-corrected chi connectivity index (χ0v) is 22.9. The highest BCUT2D eigenvalue weighted by molar-refractivity contribution is 5.67. The molecule has 0 fully saturated rings. The van der Waals surface area contributed by atoms with Crippen LogP contribution >= 0.6 is 0 Å². The summed E-state index contributed by atoms with van der Waals surface area (Å²) in [7, 11) is 0. The van der Waals surface area contributed by atoms with Gasteiger partial charge in [-0.25, -0.2) is 0 Å². The Labute approximate surface area is 219 Å². The zero-order chi connectivity index (χ0) is 26.9. The van der Waals surface area contributed by atoms with Gasteiger partial charge in [-0.15, -0.1) is 0 Å². The third kappa shape index (κ3) is 22.6. The van der Waals surface area contributed by atoms with Gasteiger partial charge in [0.25, 0.3) is 0 Å². The number of rotatable bonds is 27. The third-order valence-electron chi connectivity index (χ3n) is 7.03. The van der Waals surface area contributed by atoms with Gasteiger partial charge in [0.1, 0.15) is 0 Å². The summed E-state index contributed by atoms with van der Waals surface area (Å²) in [4.78, 5) is 33.3. The Balaban J connectivity index is 4.06. The molecule has 0 saturated carbocycles. The molecule has 0 aliphatic rings. The Morgan fingerprint density at radius 3 is 1.19 bits per heavy atom. The molecular formula is C29H54NO6+. The lowest BCUT2D eigenvalue weighted by Gasteiger charge is -2.37. The van der Waals surface area contributed by atoms with Gasteiger partial charge in [0.05, 0.1) is 45.4 Å². The van der Waals surface area contributed by atoms with Crippen LogP contribution in [-0.4, -0.2) is 63.9 Å². The second-order valence-corrected chi connectivity index (χ2v) is 10.3. The summed E-state index contributed by atoms with van der Waals surface area (Å²) in [5.74, 6) is -2.86. The summed E-state index contributed by atoms with van der Waals surface area (Å²) in [5, 5.41) is 27.3. The van der Waals surface area contributed by atoms with E-state index >= 15 is 0 Å². The van der Waals surface area contributed by atoms with E-state index in [2.05, 4.69) is 13.0 Å². The van der Waals surface area contributed by atoms with Crippen LogP contribution in [0, 0.1) is 0 Å². The molecule has 7 heteroatoms. The molecule has 0 atom stereocenters. The first-order valence-corrected chi connectivity index (χ1v) is 14.5. The van der Waals surface area contributed by atoms with E-state index in [0.29, 0.717) is 6.54 Å². The molecule has 0 aromatic carbocycles. The smallest absolute Gasteiger partial charge is 0.309 e. The van der Waals surface area contributed by atoms with Gasteiger partial charge >= 0.3 is 17.9 Å². The lowest BCUT2D eigenvalue weighted by Crippen LogP contribution is -2.51. The van der Waals surface area contributed by atoms with Crippen molar-refractivity contribution in [2.75, 3.05) is 26.2 Å². The first-order valence-electron chi connectivity index (χ1n) is 14.5. The minimum Gasteiger partial charge on any atom is -0.481 e. The average molecular weight is 513 g/mol. The Bertz CT molecular complexity index is 559. The monoisotopic (exact) mass is 512 g/mol. The van der Waals surface area contributed by atoms with Crippen LogP contribution in [0.3, 0.4) is 0 Å². The molecule has 0 saturated heterocycles. The maximum absolute atomic E-state index is 11.1. The Morgan fingerprint density at radius 1 is 0.528 bits per heavy atom. The number of unbranched alkanes of at least 4 members (excludes halogenated alkanes) is 15. The van der Waals surface area contributed by atoms with Gasteiger partial charge in [-0.05, 0) is 18.9 Å². The molecule has 0 aliphatic carbocycles. The molecule has 0 unspecified atom stereocenters. The van der Waals surface area contributed by atoms with Crippen LogP contribution < -0.4 is 0 Å². The van der Waals surface area contributed by atoms with Crippen LogP contribution in [0.15, 0.2) is 12.2 Å². The standard InChI is InChI=1S/C29H53NO6/c1-2-3-4-5-6-7-8-9-10-11-12-13-14-15-16-17-18-19-23-30(24-20-27(31)32,25-21-28(33)34)26-22-29(35)36/h18-19H,2-17,20-26H2,1H3,(H2-,31,32,33,34,35,36)/p+1/b19-18+. The Kier molecular flexibility index (Phi) is 22.3. The van der Waals surface area contributed by atoms with Crippen molar-refractivity contribution in [3.8, 4) is 0 Å². The van der Waals surface area contributed by atoms with E-state index in [1.54, 1.807) is 0 Å². The highest BCUT2D eigenvalue weighted by Gasteiger charge is 2.28. The van der Waals surface area contributed by atoms with Crippen LogP contribution in [0.5, 0.6) is 0 Å². The topological polar surface area (TPSA) is 112 Å². The summed E-state index contributed by atoms with van der Waals surface area (Å²) in [5.41, 5.74) is 0. The predicted octanol–water partition coefficient (Wildman–Crippen LogP) is 7.05. The molecule has 36 heavy (non-hydrogen) atoms. The van der Waals surface area contributed by atoms with Crippen molar-refractivity contribution >= 4 is 17.9 Å². The number of quaternary nitrogens is 1. The molecule has 0 aromatic heterocycles. The highest BCUT2D eigenvalue weighted by atomic mass is 16.4. The number of aliphatic carboxylic acids is 3. The Morgan fingerprint density at radius 2 is 0.861 bits per heavy atom. The van der Waals surface area contributed by atoms with Gasteiger partial charge in [-0.1, -0.05) is 103 Å². The molecule has 0 heterocycles. The molecule has 0 aromatic rings. The van der Waals surface area contributed by atoms with Crippen LogP contribution in [0.4, 0.5) is 0 Å². The van der Waals surface area contributed by atoms with E-state index in [9.17, 15) is 14.4 Å². The number of carbonyl (C=O) groups is 3. The van der Waals surface area contributed by atoms with Crippen molar-refractivity contribution in [2.24, 2.45) is 0 Å². The first kappa shape index (κ1) is 34.1. The zero-order valence-electron chi connectivity index (χ0n) is 22.9.